The van der Waals surface area contributed by atoms with Gasteiger partial charge in [-0.1, -0.05) is 43.7 Å². The van der Waals surface area contributed by atoms with Crippen LogP contribution < -0.4 is 10.6 Å². The Bertz CT molecular complexity index is 536. The van der Waals surface area contributed by atoms with Gasteiger partial charge in [0.1, 0.15) is 0 Å². The largest absolute Gasteiger partial charge is 0.354 e. The fraction of sp³-hybridized carbons (Fsp3) is 0.500. The first-order chi connectivity index (χ1) is 10.9. The molecule has 0 fully saturated rings. The number of carbonyl (C=O) groups excluding carboxylic acids is 3. The summed E-state index contributed by atoms with van der Waals surface area (Å²) in [6.45, 7) is 6.70. The second-order valence-corrected chi connectivity index (χ2v) is 6.09. The molecule has 2 N–H and O–H groups in total. The van der Waals surface area contributed by atoms with E-state index in [0.717, 1.165) is 5.56 Å². The Kier molecular flexibility index (Phi) is 8.02. The maximum atomic E-state index is 11.9. The van der Waals surface area contributed by atoms with E-state index in [9.17, 15) is 14.4 Å². The van der Waals surface area contributed by atoms with Crippen LogP contribution in [-0.2, 0) is 9.59 Å². The summed E-state index contributed by atoms with van der Waals surface area (Å²) in [6.07, 6.45) is 0.834. The zero-order valence-corrected chi connectivity index (χ0v) is 14.1. The molecule has 0 aliphatic rings. The monoisotopic (exact) mass is 318 g/mol. The Morgan fingerprint density at radius 1 is 0.913 bits per heavy atom. The lowest BCUT2D eigenvalue weighted by molar-refractivity contribution is -0.123. The minimum absolute atomic E-state index is 0.0104. The predicted octanol–water partition coefficient (Wildman–Crippen LogP) is 2.24. The molecule has 1 rings (SSSR count). The van der Waals surface area contributed by atoms with Crippen molar-refractivity contribution in [1.82, 2.24) is 10.6 Å². The number of nitrogens with one attached hydrogen (secondary N) is 2. The van der Waals surface area contributed by atoms with E-state index in [1.165, 1.54) is 0 Å². The average Bonchev–Trinajstić information content (AvgIpc) is 2.49. The van der Waals surface area contributed by atoms with Crippen LogP contribution in [0.2, 0.25) is 0 Å². The predicted molar refractivity (Wildman–Crippen MR) is 90.2 cm³/mol. The van der Waals surface area contributed by atoms with E-state index in [1.807, 2.05) is 32.9 Å². The van der Waals surface area contributed by atoms with Crippen molar-refractivity contribution in [3.05, 3.63) is 35.4 Å². The van der Waals surface area contributed by atoms with Crippen molar-refractivity contribution in [1.29, 1.82) is 0 Å². The summed E-state index contributed by atoms with van der Waals surface area (Å²) in [5.41, 5.74) is 1.73. The van der Waals surface area contributed by atoms with Gasteiger partial charge in [-0.3, -0.25) is 14.4 Å². The lowest BCUT2D eigenvalue weighted by Crippen LogP contribution is -2.35. The Morgan fingerprint density at radius 3 is 2.04 bits per heavy atom. The summed E-state index contributed by atoms with van der Waals surface area (Å²) >= 11 is 0. The number of rotatable bonds is 9. The second kappa shape index (κ2) is 9.77. The second-order valence-electron chi connectivity index (χ2n) is 6.09. The molecule has 1 aromatic carbocycles. The first-order valence-electron chi connectivity index (χ1n) is 8.01. The number of carbonyl (C=O) groups is 3. The quantitative estimate of drug-likeness (QED) is 0.541. The molecular formula is C18H26N2O3. The third-order valence-corrected chi connectivity index (χ3v) is 3.32. The van der Waals surface area contributed by atoms with Gasteiger partial charge in [0.2, 0.25) is 11.8 Å². The molecule has 0 aliphatic carbocycles. The Hall–Kier alpha value is -2.17. The minimum Gasteiger partial charge on any atom is -0.354 e. The molecule has 0 atom stereocenters. The van der Waals surface area contributed by atoms with Gasteiger partial charge in [-0.05, 0) is 12.8 Å². The van der Waals surface area contributed by atoms with Gasteiger partial charge in [0.25, 0.3) is 0 Å². The number of aryl methyl sites for hydroxylation is 1. The van der Waals surface area contributed by atoms with E-state index in [2.05, 4.69) is 10.6 Å². The SMILES string of the molecule is Cc1ccc(C(=O)CCC(=O)NCCNC(=O)CC(C)C)cc1. The first-order valence-corrected chi connectivity index (χ1v) is 8.01. The molecule has 1 aromatic rings. The first kappa shape index (κ1) is 18.9. The van der Waals surface area contributed by atoms with Crippen molar-refractivity contribution < 1.29 is 14.4 Å². The smallest absolute Gasteiger partial charge is 0.220 e. The number of benzene rings is 1. The van der Waals surface area contributed by atoms with E-state index in [-0.39, 0.29) is 30.4 Å². The molecule has 5 nitrogen and oxygen atoms in total. The van der Waals surface area contributed by atoms with Crippen molar-refractivity contribution in [3.8, 4) is 0 Å². The van der Waals surface area contributed by atoms with Crippen molar-refractivity contribution in [2.45, 2.75) is 40.0 Å². The molecule has 0 aromatic heterocycles. The van der Waals surface area contributed by atoms with Crippen LogP contribution >= 0.6 is 0 Å². The molecule has 23 heavy (non-hydrogen) atoms. The highest BCUT2D eigenvalue weighted by atomic mass is 16.2. The van der Waals surface area contributed by atoms with Crippen molar-refractivity contribution in [2.24, 2.45) is 5.92 Å². The molecule has 0 heterocycles. The fourth-order valence-electron chi connectivity index (χ4n) is 2.05. The number of hydrogen-bond acceptors (Lipinski definition) is 3. The van der Waals surface area contributed by atoms with Crippen LogP contribution in [0.25, 0.3) is 0 Å². The Balaban J connectivity index is 2.18. The summed E-state index contributed by atoms with van der Waals surface area (Å²) in [6, 6.07) is 7.32. The van der Waals surface area contributed by atoms with E-state index in [1.54, 1.807) is 12.1 Å². The van der Waals surface area contributed by atoms with Crippen molar-refractivity contribution in [2.75, 3.05) is 13.1 Å². The zero-order valence-electron chi connectivity index (χ0n) is 14.1. The minimum atomic E-state index is -0.177. The third kappa shape index (κ3) is 8.14. The summed E-state index contributed by atoms with van der Waals surface area (Å²) in [7, 11) is 0. The van der Waals surface area contributed by atoms with Crippen LogP contribution in [0, 0.1) is 12.8 Å². The topological polar surface area (TPSA) is 75.3 Å². The van der Waals surface area contributed by atoms with Crippen molar-refractivity contribution in [3.63, 3.8) is 0 Å². The summed E-state index contributed by atoms with van der Waals surface area (Å²) in [5, 5.41) is 5.45. The summed E-state index contributed by atoms with van der Waals surface area (Å²) in [4.78, 5) is 35.1. The van der Waals surface area contributed by atoms with Gasteiger partial charge < -0.3 is 10.6 Å². The van der Waals surface area contributed by atoms with Gasteiger partial charge in [-0.15, -0.1) is 0 Å². The molecule has 0 aliphatic heterocycles. The maximum absolute atomic E-state index is 11.9. The van der Waals surface area contributed by atoms with Gasteiger partial charge in [0.15, 0.2) is 5.78 Å². The van der Waals surface area contributed by atoms with Crippen LogP contribution in [0.1, 0.15) is 49.0 Å². The molecule has 0 saturated heterocycles. The Labute approximate surface area is 137 Å². The summed E-state index contributed by atoms with van der Waals surface area (Å²) in [5.74, 6) is 0.0927. The molecule has 0 bridgehead atoms. The van der Waals surface area contributed by atoms with Gasteiger partial charge in [0.05, 0.1) is 0 Å². The lowest BCUT2D eigenvalue weighted by atomic mass is 10.1. The molecule has 0 saturated carbocycles. The average molecular weight is 318 g/mol. The molecule has 126 valence electrons. The molecule has 5 heteroatoms. The van der Waals surface area contributed by atoms with Crippen LogP contribution in [0.5, 0.6) is 0 Å². The number of hydrogen-bond donors (Lipinski definition) is 2. The highest BCUT2D eigenvalue weighted by molar-refractivity contribution is 5.97. The van der Waals surface area contributed by atoms with Gasteiger partial charge >= 0.3 is 0 Å². The molecule has 0 spiro atoms. The molecular weight excluding hydrogens is 292 g/mol. The standard InChI is InChI=1S/C18H26N2O3/c1-13(2)12-18(23)20-11-10-19-17(22)9-8-16(21)15-6-4-14(3)5-7-15/h4-7,13H,8-12H2,1-3H3,(H,19,22)(H,20,23). The normalized spacial score (nSPS) is 10.4. The summed E-state index contributed by atoms with van der Waals surface area (Å²) < 4.78 is 0. The van der Waals surface area contributed by atoms with E-state index >= 15 is 0 Å². The fourth-order valence-corrected chi connectivity index (χ4v) is 2.05. The van der Waals surface area contributed by atoms with Gasteiger partial charge in [0, 0.05) is 37.9 Å². The third-order valence-electron chi connectivity index (χ3n) is 3.32. The number of amides is 2. The van der Waals surface area contributed by atoms with Crippen LogP contribution in [0.4, 0.5) is 0 Å². The van der Waals surface area contributed by atoms with Crippen molar-refractivity contribution >= 4 is 17.6 Å². The molecule has 0 radical (unpaired) electrons. The van der Waals surface area contributed by atoms with Crippen LogP contribution in [0.3, 0.4) is 0 Å². The lowest BCUT2D eigenvalue weighted by Gasteiger charge is -2.08. The number of Topliss-reactive ketones (excluding diaryl/α,β-unsaturated/α-hetero) is 1. The zero-order chi connectivity index (χ0) is 17.2. The molecule has 2 amide bonds. The highest BCUT2D eigenvalue weighted by Crippen LogP contribution is 2.07. The highest BCUT2D eigenvalue weighted by Gasteiger charge is 2.09. The number of ketones is 1. The van der Waals surface area contributed by atoms with E-state index in [4.69, 9.17) is 0 Å². The van der Waals surface area contributed by atoms with E-state index < -0.39 is 0 Å². The van der Waals surface area contributed by atoms with Crippen LogP contribution in [0.15, 0.2) is 24.3 Å². The maximum Gasteiger partial charge on any atom is 0.220 e. The van der Waals surface area contributed by atoms with Crippen LogP contribution in [-0.4, -0.2) is 30.7 Å². The molecule has 0 unspecified atom stereocenters. The Morgan fingerprint density at radius 2 is 1.48 bits per heavy atom. The van der Waals surface area contributed by atoms with Gasteiger partial charge in [-0.2, -0.15) is 0 Å². The van der Waals surface area contributed by atoms with E-state index in [0.29, 0.717) is 31.0 Å². The van der Waals surface area contributed by atoms with Gasteiger partial charge in [-0.25, -0.2) is 0 Å².